The van der Waals surface area contributed by atoms with Crippen molar-refractivity contribution >= 4 is 0 Å². The number of hydrogen-bond donors (Lipinski definition) is 3. The molecule has 12 nitrogen and oxygen atoms in total. The van der Waals surface area contributed by atoms with Crippen LogP contribution in [0.25, 0.3) is 34.2 Å². The Labute approximate surface area is 261 Å². The summed E-state index contributed by atoms with van der Waals surface area (Å²) in [5.74, 6) is 0.600. The predicted molar refractivity (Wildman–Crippen MR) is 166 cm³/mol. The molecule has 1 heterocycles. The van der Waals surface area contributed by atoms with Crippen molar-refractivity contribution in [2.24, 2.45) is 0 Å². The molecule has 0 aliphatic heterocycles. The van der Waals surface area contributed by atoms with Crippen molar-refractivity contribution in [3.63, 3.8) is 0 Å². The molecule has 4 rings (SSSR count). The van der Waals surface area contributed by atoms with E-state index in [9.17, 15) is 15.3 Å². The molecule has 0 radical (unpaired) electrons. The van der Waals surface area contributed by atoms with Gasteiger partial charge in [0.25, 0.3) is 0 Å². The largest absolute Gasteiger partial charge is 0.507 e. The lowest BCUT2D eigenvalue weighted by molar-refractivity contribution is -0.207. The molecule has 3 aromatic carbocycles. The summed E-state index contributed by atoms with van der Waals surface area (Å²) < 4.78 is 0. The van der Waals surface area contributed by atoms with Gasteiger partial charge in [0.15, 0.2) is 34.7 Å². The summed E-state index contributed by atoms with van der Waals surface area (Å²) >= 11 is 0. The van der Waals surface area contributed by atoms with Crippen LogP contribution in [0.4, 0.5) is 0 Å². The van der Waals surface area contributed by atoms with E-state index in [1.54, 1.807) is 36.4 Å². The number of nitrogens with zero attached hydrogens (tertiary/aromatic N) is 3. The maximum absolute atomic E-state index is 10.9. The van der Waals surface area contributed by atoms with Gasteiger partial charge in [0, 0.05) is 18.2 Å². The summed E-state index contributed by atoms with van der Waals surface area (Å²) in [5.41, 5.74) is 0.773. The molecular weight excluding hydrogens is 582 g/mol. The van der Waals surface area contributed by atoms with E-state index in [2.05, 4.69) is 15.0 Å². The van der Waals surface area contributed by atoms with Crippen LogP contribution in [0.15, 0.2) is 54.6 Å². The van der Waals surface area contributed by atoms with Crippen LogP contribution in [-0.2, 0) is 14.7 Å². The average molecular weight is 622 g/mol. The van der Waals surface area contributed by atoms with Gasteiger partial charge in [0.05, 0.1) is 36.5 Å². The van der Waals surface area contributed by atoms with Crippen molar-refractivity contribution in [2.75, 3.05) is 19.8 Å². The number of hydrogen-bond acceptors (Lipinski definition) is 12. The Morgan fingerprint density at radius 3 is 1.00 bits per heavy atom. The van der Waals surface area contributed by atoms with Crippen LogP contribution in [0.1, 0.15) is 59.3 Å². The molecule has 0 fully saturated rings. The zero-order valence-electron chi connectivity index (χ0n) is 25.7. The third-order valence-corrected chi connectivity index (χ3v) is 6.47. The van der Waals surface area contributed by atoms with Crippen LogP contribution in [0, 0.1) is 0 Å². The van der Waals surface area contributed by atoms with Gasteiger partial charge in [-0.25, -0.2) is 15.0 Å². The Bertz CT molecular complexity index is 1340. The van der Waals surface area contributed by atoms with Crippen LogP contribution >= 0.6 is 0 Å². The minimum atomic E-state index is -0.177. The van der Waals surface area contributed by atoms with Crippen molar-refractivity contribution in [3.05, 3.63) is 54.6 Å². The molecule has 0 aliphatic carbocycles. The highest BCUT2D eigenvalue weighted by Gasteiger charge is 2.20. The molecular formula is C33H39N3O9. The first-order chi connectivity index (χ1) is 21.9. The lowest BCUT2D eigenvalue weighted by Gasteiger charge is -2.13. The van der Waals surface area contributed by atoms with Crippen molar-refractivity contribution < 1.29 is 44.6 Å². The Balaban J connectivity index is 1.70. The van der Waals surface area contributed by atoms with Gasteiger partial charge < -0.3 is 30.0 Å². The van der Waals surface area contributed by atoms with Crippen molar-refractivity contribution in [1.82, 2.24) is 15.0 Å². The van der Waals surface area contributed by atoms with E-state index in [1.165, 1.54) is 18.2 Å². The lowest BCUT2D eigenvalue weighted by atomic mass is 10.1. The molecule has 4 aromatic rings. The number of rotatable bonds is 18. The molecule has 0 unspecified atom stereocenters. The third-order valence-electron chi connectivity index (χ3n) is 6.47. The topological polar surface area (TPSA) is 155 Å². The summed E-state index contributed by atoms with van der Waals surface area (Å²) in [6, 6.07) is 13.7. The maximum Gasteiger partial charge on any atom is 0.169 e. The van der Waals surface area contributed by atoms with Crippen molar-refractivity contribution in [3.8, 4) is 68.7 Å². The number of aromatic nitrogens is 3. The molecule has 45 heavy (non-hydrogen) atoms. The highest BCUT2D eigenvalue weighted by Crippen LogP contribution is 2.37. The average Bonchev–Trinajstić information content (AvgIpc) is 3.03. The number of phenols is 3. The maximum atomic E-state index is 10.9. The van der Waals surface area contributed by atoms with Gasteiger partial charge in [-0.1, -0.05) is 40.0 Å². The van der Waals surface area contributed by atoms with E-state index in [0.29, 0.717) is 37.1 Å². The summed E-state index contributed by atoms with van der Waals surface area (Å²) in [7, 11) is 0. The molecule has 0 saturated carbocycles. The Kier molecular flexibility index (Phi) is 12.6. The fraction of sp³-hybridized carbons (Fsp3) is 0.364. The van der Waals surface area contributed by atoms with Crippen LogP contribution in [-0.4, -0.2) is 50.1 Å². The summed E-state index contributed by atoms with van der Waals surface area (Å²) in [6.07, 6.45) is 5.35. The zero-order chi connectivity index (χ0) is 32.0. The second-order valence-electron chi connectivity index (χ2n) is 10.1. The molecule has 0 bridgehead atoms. The normalized spacial score (nSPS) is 11.0. The Morgan fingerprint density at radius 2 is 0.756 bits per heavy atom. The first kappa shape index (κ1) is 33.2. The van der Waals surface area contributed by atoms with Gasteiger partial charge >= 0.3 is 0 Å². The molecule has 3 N–H and O–H groups in total. The van der Waals surface area contributed by atoms with E-state index in [4.69, 9.17) is 29.3 Å². The fourth-order valence-corrected chi connectivity index (χ4v) is 3.93. The Morgan fingerprint density at radius 1 is 0.467 bits per heavy atom. The number of aromatic hydroxyl groups is 3. The zero-order valence-corrected chi connectivity index (χ0v) is 25.7. The highest BCUT2D eigenvalue weighted by molar-refractivity contribution is 5.74. The standard InChI is InChI=1S/C33H39N3O9/c1-4-7-16-40-43-22-10-13-25(28(37)19-22)31-34-32(26-14-11-23(20-29(26)38)44-41-17-8-5-2)36-33(35-31)27-15-12-24(21-30(27)39)45-42-18-9-6-3/h10-15,19-21,37-39H,4-9,16-18H2,1-3H3. The van der Waals surface area contributed by atoms with E-state index >= 15 is 0 Å². The monoisotopic (exact) mass is 621 g/mol. The van der Waals surface area contributed by atoms with Gasteiger partial charge in [-0.15, -0.1) is 0 Å². The van der Waals surface area contributed by atoms with E-state index in [-0.39, 0.29) is 51.4 Å². The van der Waals surface area contributed by atoms with E-state index in [0.717, 1.165) is 38.5 Å². The van der Waals surface area contributed by atoms with Gasteiger partial charge in [-0.3, -0.25) is 0 Å². The molecule has 0 aliphatic rings. The predicted octanol–water partition coefficient (Wildman–Crippen LogP) is 7.32. The highest BCUT2D eigenvalue weighted by atomic mass is 17.2. The van der Waals surface area contributed by atoms with Gasteiger partial charge in [-0.2, -0.15) is 14.7 Å². The van der Waals surface area contributed by atoms with Crippen LogP contribution in [0.5, 0.6) is 34.5 Å². The van der Waals surface area contributed by atoms with Crippen molar-refractivity contribution in [2.45, 2.75) is 59.3 Å². The molecule has 0 atom stereocenters. The molecule has 240 valence electrons. The SMILES string of the molecule is CCCCOOc1ccc(-c2nc(-c3ccc(OOCCCC)cc3O)nc(-c3ccc(OOCCCC)cc3O)n2)c(O)c1. The van der Waals surface area contributed by atoms with Gasteiger partial charge in [-0.05, 0) is 55.7 Å². The van der Waals surface area contributed by atoms with Crippen LogP contribution < -0.4 is 14.7 Å². The smallest absolute Gasteiger partial charge is 0.169 e. The molecule has 12 heteroatoms. The second-order valence-corrected chi connectivity index (χ2v) is 10.1. The quantitative estimate of drug-likeness (QED) is 0.0579. The second kappa shape index (κ2) is 17.0. The van der Waals surface area contributed by atoms with E-state index < -0.39 is 0 Å². The minimum absolute atomic E-state index is 0.0798. The van der Waals surface area contributed by atoms with Gasteiger partial charge in [0.2, 0.25) is 0 Å². The van der Waals surface area contributed by atoms with Crippen LogP contribution in [0.3, 0.4) is 0 Å². The lowest BCUT2D eigenvalue weighted by Crippen LogP contribution is -2.02. The molecule has 0 amide bonds. The number of unbranched alkanes of at least 4 members (excludes halogenated alkanes) is 3. The molecule has 1 aromatic heterocycles. The third kappa shape index (κ3) is 9.42. The first-order valence-electron chi connectivity index (χ1n) is 15.1. The van der Waals surface area contributed by atoms with Gasteiger partial charge in [0.1, 0.15) is 17.2 Å². The number of phenolic OH excluding ortho intramolecular Hbond substituents is 3. The van der Waals surface area contributed by atoms with E-state index in [1.807, 2.05) is 20.8 Å². The molecule has 0 saturated heterocycles. The molecule has 0 spiro atoms. The number of benzene rings is 3. The Hall–Kier alpha value is -4.65. The summed E-state index contributed by atoms with van der Waals surface area (Å²) in [4.78, 5) is 45.0. The van der Waals surface area contributed by atoms with Crippen molar-refractivity contribution in [1.29, 1.82) is 0 Å². The first-order valence-corrected chi connectivity index (χ1v) is 15.1. The summed E-state index contributed by atoms with van der Waals surface area (Å²) in [5, 5.41) is 32.7. The minimum Gasteiger partial charge on any atom is -0.507 e. The summed E-state index contributed by atoms with van der Waals surface area (Å²) in [6.45, 7) is 7.35. The van der Waals surface area contributed by atoms with Crippen LogP contribution in [0.2, 0.25) is 0 Å². The fourth-order valence-electron chi connectivity index (χ4n) is 3.93.